The summed E-state index contributed by atoms with van der Waals surface area (Å²) in [5.74, 6) is -0.201. The number of nitrogens with zero attached hydrogens (tertiary/aromatic N) is 5. The van der Waals surface area contributed by atoms with Gasteiger partial charge in [-0.05, 0) is 51.2 Å². The first-order chi connectivity index (χ1) is 20.2. The van der Waals surface area contributed by atoms with Crippen LogP contribution >= 0.6 is 0 Å². The second-order valence-corrected chi connectivity index (χ2v) is 11.5. The SMILES string of the molecule is COC(=O)NC(C)(C)c1ccc2c3ncc(-c4c(C)nnn4C)cc3n([C@H](c3ccccc3)C3CCOCC3)c2c1F. The van der Waals surface area contributed by atoms with E-state index in [2.05, 4.69) is 38.4 Å². The van der Waals surface area contributed by atoms with Gasteiger partial charge in [0, 0.05) is 43.0 Å². The molecule has 1 amide bonds. The molecule has 0 saturated carbocycles. The van der Waals surface area contributed by atoms with Crippen LogP contribution in [0.3, 0.4) is 0 Å². The van der Waals surface area contributed by atoms with Crippen molar-refractivity contribution in [2.75, 3.05) is 20.3 Å². The van der Waals surface area contributed by atoms with Crippen molar-refractivity contribution in [1.29, 1.82) is 0 Å². The normalized spacial score (nSPS) is 15.3. The first kappa shape index (κ1) is 27.8. The average Bonchev–Trinajstić information content (AvgIpc) is 3.50. The van der Waals surface area contributed by atoms with Gasteiger partial charge < -0.3 is 19.4 Å². The Hall–Kier alpha value is -4.31. The molecular weight excluding hydrogens is 535 g/mol. The molecule has 3 aromatic heterocycles. The molecule has 5 aromatic rings. The minimum atomic E-state index is -1.04. The minimum absolute atomic E-state index is 0.181. The summed E-state index contributed by atoms with van der Waals surface area (Å²) in [6.07, 6.45) is 2.86. The lowest BCUT2D eigenvalue weighted by atomic mass is 9.86. The highest BCUT2D eigenvalue weighted by atomic mass is 19.1. The molecule has 1 N–H and O–H groups in total. The van der Waals surface area contributed by atoms with Gasteiger partial charge in [0.1, 0.15) is 0 Å². The topological polar surface area (TPSA) is 96.1 Å². The predicted octanol–water partition coefficient (Wildman–Crippen LogP) is 6.04. The van der Waals surface area contributed by atoms with Crippen molar-refractivity contribution in [3.8, 4) is 11.3 Å². The second kappa shape index (κ2) is 10.8. The van der Waals surface area contributed by atoms with Gasteiger partial charge in [-0.25, -0.2) is 13.9 Å². The fraction of sp³-hybridized carbons (Fsp3) is 0.375. The van der Waals surface area contributed by atoms with Gasteiger partial charge in [0.15, 0.2) is 5.82 Å². The number of aryl methyl sites for hydroxylation is 2. The highest BCUT2D eigenvalue weighted by Gasteiger charge is 2.34. The van der Waals surface area contributed by atoms with Crippen LogP contribution in [-0.4, -0.2) is 51.0 Å². The summed E-state index contributed by atoms with van der Waals surface area (Å²) in [6.45, 7) is 6.75. The fourth-order valence-corrected chi connectivity index (χ4v) is 6.40. The van der Waals surface area contributed by atoms with Gasteiger partial charge in [0.2, 0.25) is 0 Å². The van der Waals surface area contributed by atoms with E-state index in [-0.39, 0.29) is 12.0 Å². The van der Waals surface area contributed by atoms with Crippen LogP contribution in [0.5, 0.6) is 0 Å². The Morgan fingerprint density at radius 3 is 2.57 bits per heavy atom. The van der Waals surface area contributed by atoms with Gasteiger partial charge in [-0.2, -0.15) is 0 Å². The van der Waals surface area contributed by atoms with Crippen LogP contribution in [0, 0.1) is 18.7 Å². The maximum Gasteiger partial charge on any atom is 0.407 e. The molecule has 0 aliphatic carbocycles. The van der Waals surface area contributed by atoms with Gasteiger partial charge >= 0.3 is 6.09 Å². The third-order valence-corrected chi connectivity index (χ3v) is 8.41. The molecule has 6 rings (SSSR count). The van der Waals surface area contributed by atoms with Gasteiger partial charge in [-0.15, -0.1) is 5.10 Å². The Balaban J connectivity index is 1.69. The summed E-state index contributed by atoms with van der Waals surface area (Å²) in [5.41, 5.74) is 4.87. The van der Waals surface area contributed by atoms with E-state index >= 15 is 4.39 Å². The van der Waals surface area contributed by atoms with Crippen LogP contribution in [0.4, 0.5) is 9.18 Å². The minimum Gasteiger partial charge on any atom is -0.453 e. The van der Waals surface area contributed by atoms with Gasteiger partial charge in [-0.1, -0.05) is 47.7 Å². The number of alkyl carbamates (subject to hydrolysis) is 1. The smallest absolute Gasteiger partial charge is 0.407 e. The molecule has 1 aliphatic rings. The molecular formula is C32H35FN6O3. The summed E-state index contributed by atoms with van der Waals surface area (Å²) in [6, 6.07) is 15.8. The van der Waals surface area contributed by atoms with Gasteiger partial charge in [-0.3, -0.25) is 4.98 Å². The lowest BCUT2D eigenvalue weighted by Crippen LogP contribution is -2.41. The van der Waals surface area contributed by atoms with Crippen molar-refractivity contribution >= 4 is 28.0 Å². The third kappa shape index (κ3) is 4.69. The Kier molecular flexibility index (Phi) is 7.18. The average molecular weight is 571 g/mol. The molecule has 4 heterocycles. The van der Waals surface area contributed by atoms with Crippen molar-refractivity contribution in [3.63, 3.8) is 0 Å². The summed E-state index contributed by atoms with van der Waals surface area (Å²) < 4.78 is 31.5. The molecule has 1 atom stereocenters. The zero-order chi connectivity index (χ0) is 29.6. The number of hydrogen-bond acceptors (Lipinski definition) is 6. The monoisotopic (exact) mass is 570 g/mol. The van der Waals surface area contributed by atoms with E-state index in [1.54, 1.807) is 30.8 Å². The lowest BCUT2D eigenvalue weighted by molar-refractivity contribution is 0.0552. The Bertz CT molecular complexity index is 1750. The molecule has 0 radical (unpaired) electrons. The molecule has 42 heavy (non-hydrogen) atoms. The van der Waals surface area contributed by atoms with Gasteiger partial charge in [0.25, 0.3) is 0 Å². The number of methoxy groups -OCH3 is 1. The first-order valence-electron chi connectivity index (χ1n) is 14.2. The van der Waals surface area contributed by atoms with Crippen LogP contribution in [0.1, 0.15) is 49.6 Å². The molecule has 218 valence electrons. The number of carbonyl (C=O) groups excluding carboxylic acids is 1. The third-order valence-electron chi connectivity index (χ3n) is 8.41. The van der Waals surface area contributed by atoms with E-state index in [1.807, 2.05) is 38.2 Å². The molecule has 1 saturated heterocycles. The fourth-order valence-electron chi connectivity index (χ4n) is 6.40. The molecule has 2 aromatic carbocycles. The largest absolute Gasteiger partial charge is 0.453 e. The van der Waals surface area contributed by atoms with Crippen LogP contribution in [-0.2, 0) is 22.1 Å². The highest BCUT2D eigenvalue weighted by molar-refractivity contribution is 6.07. The van der Waals surface area contributed by atoms with E-state index in [1.165, 1.54) is 7.11 Å². The number of carbonyl (C=O) groups is 1. The van der Waals surface area contributed by atoms with Crippen LogP contribution in [0.15, 0.2) is 54.7 Å². The Morgan fingerprint density at radius 2 is 1.90 bits per heavy atom. The number of pyridine rings is 1. The quantitative estimate of drug-likeness (QED) is 0.267. The maximum absolute atomic E-state index is 17.1. The molecule has 9 nitrogen and oxygen atoms in total. The molecule has 10 heteroatoms. The second-order valence-electron chi connectivity index (χ2n) is 11.5. The summed E-state index contributed by atoms with van der Waals surface area (Å²) in [4.78, 5) is 17.1. The number of fused-ring (bicyclic) bond motifs is 3. The molecule has 0 unspecified atom stereocenters. The Morgan fingerprint density at radius 1 is 1.17 bits per heavy atom. The predicted molar refractivity (Wildman–Crippen MR) is 159 cm³/mol. The maximum atomic E-state index is 17.1. The zero-order valence-corrected chi connectivity index (χ0v) is 24.5. The van der Waals surface area contributed by atoms with E-state index in [0.29, 0.717) is 35.2 Å². The zero-order valence-electron chi connectivity index (χ0n) is 24.5. The summed E-state index contributed by atoms with van der Waals surface area (Å²) in [7, 11) is 3.15. The number of halogens is 1. The molecule has 1 fully saturated rings. The van der Waals surface area contributed by atoms with E-state index < -0.39 is 17.4 Å². The number of aromatic nitrogens is 5. The van der Waals surface area contributed by atoms with Crippen LogP contribution in [0.2, 0.25) is 0 Å². The van der Waals surface area contributed by atoms with Crippen molar-refractivity contribution < 1.29 is 18.7 Å². The number of nitrogens with one attached hydrogen (secondary N) is 1. The van der Waals surface area contributed by atoms with Crippen LogP contribution < -0.4 is 5.32 Å². The lowest BCUT2D eigenvalue weighted by Gasteiger charge is -2.33. The Labute approximate surface area is 243 Å². The summed E-state index contributed by atoms with van der Waals surface area (Å²) in [5, 5.41) is 11.9. The number of hydrogen-bond donors (Lipinski definition) is 1. The standard InChI is InChI=1S/C32H35FN6O3/c1-19-28(38(4)37-36-19)22-17-25-27(34-18-22)23-11-12-24(32(2,3)35-31(40)41-5)26(33)30(23)39(25)29(20-9-7-6-8-10-20)21-13-15-42-16-14-21/h6-12,17-18,21,29H,13-16H2,1-5H3,(H,35,40)/t29-/m1/s1. The van der Waals surface area contributed by atoms with Crippen LogP contribution in [0.25, 0.3) is 33.2 Å². The molecule has 1 aliphatic heterocycles. The number of benzene rings is 2. The number of ether oxygens (including phenoxy) is 2. The van der Waals surface area contributed by atoms with E-state index in [4.69, 9.17) is 14.5 Å². The summed E-state index contributed by atoms with van der Waals surface area (Å²) >= 11 is 0. The molecule has 0 bridgehead atoms. The first-order valence-corrected chi connectivity index (χ1v) is 14.2. The van der Waals surface area contributed by atoms with E-state index in [0.717, 1.165) is 40.9 Å². The molecule has 0 spiro atoms. The van der Waals surface area contributed by atoms with E-state index in [9.17, 15) is 4.79 Å². The highest BCUT2D eigenvalue weighted by Crippen LogP contribution is 2.43. The number of amides is 1. The van der Waals surface area contributed by atoms with Crippen molar-refractivity contribution in [1.82, 2.24) is 29.9 Å². The number of rotatable bonds is 6. The van der Waals surface area contributed by atoms with Gasteiger partial charge in [0.05, 0.1) is 46.6 Å². The van der Waals surface area contributed by atoms with Crippen molar-refractivity contribution in [2.24, 2.45) is 13.0 Å². The van der Waals surface area contributed by atoms with Crippen molar-refractivity contribution in [3.05, 3.63) is 77.4 Å². The van der Waals surface area contributed by atoms with Crippen molar-refractivity contribution in [2.45, 2.75) is 45.2 Å².